The van der Waals surface area contributed by atoms with Crippen LogP contribution in [0.25, 0.3) is 6.08 Å². The maximum absolute atomic E-state index is 12.9. The summed E-state index contributed by atoms with van der Waals surface area (Å²) < 4.78 is 27.8. The van der Waals surface area contributed by atoms with E-state index in [0.717, 1.165) is 0 Å². The summed E-state index contributed by atoms with van der Waals surface area (Å²) in [6.07, 6.45) is -4.44. The number of ketones is 1. The van der Waals surface area contributed by atoms with Gasteiger partial charge < -0.3 is 59.4 Å². The molecule has 0 spiro atoms. The van der Waals surface area contributed by atoms with Crippen LogP contribution >= 0.6 is 0 Å². The summed E-state index contributed by atoms with van der Waals surface area (Å²) in [6, 6.07) is 7.18. The van der Waals surface area contributed by atoms with Crippen molar-refractivity contribution < 1.29 is 64.2 Å². The van der Waals surface area contributed by atoms with Gasteiger partial charge in [0.05, 0.1) is 45.7 Å². The van der Waals surface area contributed by atoms with Gasteiger partial charge in [-0.15, -0.1) is 0 Å². The van der Waals surface area contributed by atoms with E-state index in [9.17, 15) is 35.4 Å². The van der Waals surface area contributed by atoms with Crippen LogP contribution in [0.15, 0.2) is 36.4 Å². The van der Waals surface area contributed by atoms with Crippen molar-refractivity contribution in [1.82, 2.24) is 0 Å². The predicted molar refractivity (Wildman–Crippen MR) is 157 cm³/mol. The van der Waals surface area contributed by atoms with Gasteiger partial charge in [-0.3, -0.25) is 4.79 Å². The Bertz CT molecular complexity index is 1270. The minimum Gasteiger partial charge on any atom is -0.507 e. The molecular formula is C31H42O13. The molecule has 3 rings (SSSR count). The zero-order valence-electron chi connectivity index (χ0n) is 25.1. The molecule has 244 valence electrons. The summed E-state index contributed by atoms with van der Waals surface area (Å²) in [5.74, 6) is -1.13. The number of hydrogen-bond acceptors (Lipinski definition) is 13. The topological polar surface area (TPSA) is 205 Å². The quantitative estimate of drug-likeness (QED) is 0.111. The van der Waals surface area contributed by atoms with Crippen LogP contribution in [0.5, 0.6) is 28.7 Å². The minimum atomic E-state index is -1.27. The standard InChI is InChI=1S/C31H42O13/c1-16(30(38)24(37)14-32)9-17(2)42-15-27-31(39)23(36)13-28(44-27)43-19-11-22(35)29(26(12-19)41-4)20(33)7-5-18-6-8-25(40-3)21(34)10-18/h5-8,10-12,16-17,23-24,27-28,30-32,34-39H,9,13-15H2,1-4H3/b7-5+/t16?,17?,23?,24?,27?,28-,30+,31+/m1/s1. The molecule has 2 aromatic carbocycles. The number of carbonyl (C=O) groups is 1. The van der Waals surface area contributed by atoms with Crippen LogP contribution in [0.2, 0.25) is 0 Å². The Labute approximate surface area is 255 Å². The highest BCUT2D eigenvalue weighted by Gasteiger charge is 2.38. The van der Waals surface area contributed by atoms with Gasteiger partial charge in [-0.1, -0.05) is 19.1 Å². The molecule has 1 fully saturated rings. The maximum atomic E-state index is 12.9. The van der Waals surface area contributed by atoms with E-state index in [0.29, 0.717) is 12.0 Å². The summed E-state index contributed by atoms with van der Waals surface area (Å²) in [7, 11) is 2.74. The fraction of sp³-hybridized carbons (Fsp3) is 0.516. The number of benzene rings is 2. The minimum absolute atomic E-state index is 0.0138. The van der Waals surface area contributed by atoms with Gasteiger partial charge in [-0.2, -0.15) is 0 Å². The number of phenols is 2. The largest absolute Gasteiger partial charge is 0.507 e. The lowest BCUT2D eigenvalue weighted by Gasteiger charge is -2.37. The molecule has 0 radical (unpaired) electrons. The number of aliphatic hydroxyl groups is 5. The highest BCUT2D eigenvalue weighted by atomic mass is 16.7. The van der Waals surface area contributed by atoms with Crippen molar-refractivity contribution in [2.75, 3.05) is 27.4 Å². The van der Waals surface area contributed by atoms with Crippen LogP contribution in [0, 0.1) is 5.92 Å². The number of carbonyl (C=O) groups excluding carboxylic acids is 1. The van der Waals surface area contributed by atoms with E-state index in [1.165, 1.54) is 44.6 Å². The Morgan fingerprint density at radius 2 is 1.75 bits per heavy atom. The first kappa shape index (κ1) is 35.1. The molecule has 0 aromatic heterocycles. The Kier molecular flexibility index (Phi) is 12.8. The molecular weight excluding hydrogens is 580 g/mol. The van der Waals surface area contributed by atoms with Gasteiger partial charge in [0.1, 0.15) is 41.1 Å². The van der Waals surface area contributed by atoms with Crippen LogP contribution < -0.4 is 14.2 Å². The average Bonchev–Trinajstić information content (AvgIpc) is 2.99. The van der Waals surface area contributed by atoms with Crippen LogP contribution in [-0.2, 0) is 9.47 Å². The first-order valence-corrected chi connectivity index (χ1v) is 14.2. The van der Waals surface area contributed by atoms with Crippen molar-refractivity contribution in [3.63, 3.8) is 0 Å². The lowest BCUT2D eigenvalue weighted by molar-refractivity contribution is -0.236. The first-order valence-electron chi connectivity index (χ1n) is 14.2. The molecule has 0 aliphatic carbocycles. The molecule has 13 heteroatoms. The third kappa shape index (κ3) is 9.05. The number of ether oxygens (including phenoxy) is 5. The Morgan fingerprint density at radius 1 is 1.05 bits per heavy atom. The molecule has 0 saturated carbocycles. The number of methoxy groups -OCH3 is 2. The molecule has 44 heavy (non-hydrogen) atoms. The fourth-order valence-corrected chi connectivity index (χ4v) is 4.88. The lowest BCUT2D eigenvalue weighted by atomic mass is 9.94. The van der Waals surface area contributed by atoms with E-state index >= 15 is 0 Å². The molecule has 7 N–H and O–H groups in total. The van der Waals surface area contributed by atoms with Crippen LogP contribution in [0.1, 0.15) is 42.6 Å². The van der Waals surface area contributed by atoms with Gasteiger partial charge in [-0.05, 0) is 43.0 Å². The normalized spacial score (nSPS) is 23.1. The Hall–Kier alpha value is -3.43. The summed E-state index contributed by atoms with van der Waals surface area (Å²) in [4.78, 5) is 12.9. The molecule has 2 aromatic rings. The fourth-order valence-electron chi connectivity index (χ4n) is 4.88. The summed E-state index contributed by atoms with van der Waals surface area (Å²) >= 11 is 0. The van der Waals surface area contributed by atoms with E-state index < -0.39 is 67.0 Å². The van der Waals surface area contributed by atoms with Crippen LogP contribution in [0.3, 0.4) is 0 Å². The van der Waals surface area contributed by atoms with Crippen LogP contribution in [-0.4, -0.2) is 112 Å². The molecule has 1 heterocycles. The average molecular weight is 623 g/mol. The van der Waals surface area contributed by atoms with E-state index in [4.69, 9.17) is 28.8 Å². The predicted octanol–water partition coefficient (Wildman–Crippen LogP) is 1.37. The monoisotopic (exact) mass is 622 g/mol. The van der Waals surface area contributed by atoms with Gasteiger partial charge in [0.25, 0.3) is 0 Å². The van der Waals surface area contributed by atoms with E-state index in [2.05, 4.69) is 0 Å². The third-order valence-corrected chi connectivity index (χ3v) is 7.37. The first-order chi connectivity index (χ1) is 20.9. The molecule has 0 amide bonds. The van der Waals surface area contributed by atoms with Crippen molar-refractivity contribution in [3.8, 4) is 28.7 Å². The van der Waals surface area contributed by atoms with Crippen LogP contribution in [0.4, 0.5) is 0 Å². The number of phenolic OH excluding ortho intramolecular Hbond substituents is 2. The third-order valence-electron chi connectivity index (χ3n) is 7.37. The summed E-state index contributed by atoms with van der Waals surface area (Å²) in [5, 5.41) is 70.3. The van der Waals surface area contributed by atoms with E-state index in [1.807, 2.05) is 0 Å². The molecule has 1 saturated heterocycles. The molecule has 1 aliphatic heterocycles. The molecule has 8 atom stereocenters. The van der Waals surface area contributed by atoms with Crippen molar-refractivity contribution in [2.45, 2.75) is 69.6 Å². The number of rotatable bonds is 15. The second-order valence-corrected chi connectivity index (χ2v) is 10.8. The zero-order valence-corrected chi connectivity index (χ0v) is 25.1. The lowest BCUT2D eigenvalue weighted by Crippen LogP contribution is -2.52. The van der Waals surface area contributed by atoms with Gasteiger partial charge in [0, 0.05) is 18.6 Å². The molecule has 13 nitrogen and oxygen atoms in total. The van der Waals surface area contributed by atoms with E-state index in [-0.39, 0.29) is 41.6 Å². The number of hydrogen-bond donors (Lipinski definition) is 7. The number of allylic oxidation sites excluding steroid dienone is 1. The van der Waals surface area contributed by atoms with Gasteiger partial charge >= 0.3 is 0 Å². The molecule has 5 unspecified atom stereocenters. The molecule has 0 bridgehead atoms. The van der Waals surface area contributed by atoms with Crippen molar-refractivity contribution in [3.05, 3.63) is 47.5 Å². The highest BCUT2D eigenvalue weighted by molar-refractivity contribution is 6.10. The van der Waals surface area contributed by atoms with Gasteiger partial charge in [-0.25, -0.2) is 0 Å². The van der Waals surface area contributed by atoms with Crippen molar-refractivity contribution in [1.29, 1.82) is 0 Å². The van der Waals surface area contributed by atoms with Crippen molar-refractivity contribution in [2.24, 2.45) is 5.92 Å². The molecule has 1 aliphatic rings. The van der Waals surface area contributed by atoms with Crippen molar-refractivity contribution >= 4 is 11.9 Å². The van der Waals surface area contributed by atoms with E-state index in [1.54, 1.807) is 26.0 Å². The Balaban J connectivity index is 1.65. The smallest absolute Gasteiger partial charge is 0.202 e. The SMILES string of the molecule is COc1ccc(/C=C/C(=O)c2c(O)cc(O[C@H]3CC(O)[C@H](O)C(COC(C)CC(C)[C@H](O)C(O)CO)O3)cc2OC)cc1O. The maximum Gasteiger partial charge on any atom is 0.202 e. The Morgan fingerprint density at radius 3 is 2.39 bits per heavy atom. The van der Waals surface area contributed by atoms with Gasteiger partial charge in [0.15, 0.2) is 17.3 Å². The number of aromatic hydroxyl groups is 2. The summed E-state index contributed by atoms with van der Waals surface area (Å²) in [6.45, 7) is 2.75. The summed E-state index contributed by atoms with van der Waals surface area (Å²) in [5.41, 5.74) is 0.394. The second kappa shape index (κ2) is 16.0. The second-order valence-electron chi connectivity index (χ2n) is 10.8. The highest BCUT2D eigenvalue weighted by Crippen LogP contribution is 2.36. The zero-order chi connectivity index (χ0) is 32.6. The van der Waals surface area contributed by atoms with Gasteiger partial charge in [0.2, 0.25) is 6.29 Å². The number of aliphatic hydroxyl groups excluding tert-OH is 5.